The number of para-hydroxylation sites is 1. The molecule has 0 radical (unpaired) electrons. The number of unbranched alkanes of at least 4 members (excludes halogenated alkanes) is 2. The van der Waals surface area contributed by atoms with Crippen LogP contribution in [-0.2, 0) is 0 Å². The predicted molar refractivity (Wildman–Crippen MR) is 76.4 cm³/mol. The maximum absolute atomic E-state index is 5.93. The van der Waals surface area contributed by atoms with Gasteiger partial charge in [0.05, 0.1) is 0 Å². The molecule has 0 spiro atoms. The Morgan fingerprint density at radius 2 is 1.82 bits per heavy atom. The van der Waals surface area contributed by atoms with Crippen LogP contribution >= 0.6 is 0 Å². The normalized spacial score (nSPS) is 12.4. The topological polar surface area (TPSA) is 29.3 Å². The first kappa shape index (κ1) is 14.0. The number of rotatable bonds is 8. The van der Waals surface area contributed by atoms with Crippen LogP contribution in [0.1, 0.15) is 39.5 Å². The number of hydrogen-bond acceptors (Lipinski definition) is 2. The van der Waals surface area contributed by atoms with Crippen molar-refractivity contribution in [2.45, 2.75) is 45.6 Å². The van der Waals surface area contributed by atoms with E-state index in [-0.39, 0.29) is 0 Å². The maximum Gasteiger partial charge on any atom is 0.0412 e. The summed E-state index contributed by atoms with van der Waals surface area (Å²) in [6.45, 7) is 6.21. The monoisotopic (exact) mass is 234 g/mol. The van der Waals surface area contributed by atoms with Crippen molar-refractivity contribution in [3.05, 3.63) is 30.3 Å². The molecule has 1 aromatic rings. The van der Waals surface area contributed by atoms with E-state index in [0.717, 1.165) is 13.1 Å². The molecular weight excluding hydrogens is 208 g/mol. The molecule has 2 heteroatoms. The highest BCUT2D eigenvalue weighted by atomic mass is 15.2. The van der Waals surface area contributed by atoms with Crippen LogP contribution in [0.25, 0.3) is 0 Å². The highest BCUT2D eigenvalue weighted by Gasteiger charge is 2.15. The van der Waals surface area contributed by atoms with E-state index in [1.54, 1.807) is 0 Å². The van der Waals surface area contributed by atoms with E-state index in [9.17, 15) is 0 Å². The molecule has 0 saturated carbocycles. The summed E-state index contributed by atoms with van der Waals surface area (Å²) in [4.78, 5) is 2.43. The van der Waals surface area contributed by atoms with Gasteiger partial charge in [-0.2, -0.15) is 0 Å². The van der Waals surface area contributed by atoms with Gasteiger partial charge < -0.3 is 10.6 Å². The first-order valence-electron chi connectivity index (χ1n) is 6.85. The summed E-state index contributed by atoms with van der Waals surface area (Å²) < 4.78 is 0. The highest BCUT2D eigenvalue weighted by Crippen LogP contribution is 2.19. The number of likely N-dealkylation sites (N-methyl/N-ethyl adjacent to an activating group) is 1. The lowest BCUT2D eigenvalue weighted by atomic mass is 10.1. The zero-order valence-corrected chi connectivity index (χ0v) is 11.2. The Labute approximate surface area is 106 Å². The first-order chi connectivity index (χ1) is 8.33. The van der Waals surface area contributed by atoms with Gasteiger partial charge in [0.15, 0.2) is 0 Å². The fourth-order valence-electron chi connectivity index (χ4n) is 2.30. The Hall–Kier alpha value is -1.02. The van der Waals surface area contributed by atoms with Crippen molar-refractivity contribution in [2.24, 2.45) is 5.73 Å². The molecule has 2 nitrogen and oxygen atoms in total. The van der Waals surface area contributed by atoms with Crippen molar-refractivity contribution in [3.63, 3.8) is 0 Å². The lowest BCUT2D eigenvalue weighted by Gasteiger charge is -2.32. The number of hydrogen-bond donors (Lipinski definition) is 1. The Kier molecular flexibility index (Phi) is 6.71. The summed E-state index contributed by atoms with van der Waals surface area (Å²) in [7, 11) is 0. The molecule has 0 aliphatic heterocycles. The van der Waals surface area contributed by atoms with Crippen molar-refractivity contribution >= 4 is 5.69 Å². The minimum absolute atomic E-state index is 0.481. The fraction of sp³-hybridized carbons (Fsp3) is 0.600. The second-order valence-corrected chi connectivity index (χ2v) is 4.51. The summed E-state index contributed by atoms with van der Waals surface area (Å²) >= 11 is 0. The van der Waals surface area contributed by atoms with Gasteiger partial charge >= 0.3 is 0 Å². The van der Waals surface area contributed by atoms with Gasteiger partial charge in [0.25, 0.3) is 0 Å². The van der Waals surface area contributed by atoms with Gasteiger partial charge in [-0.25, -0.2) is 0 Å². The van der Waals surface area contributed by atoms with E-state index < -0.39 is 0 Å². The van der Waals surface area contributed by atoms with Crippen LogP contribution in [-0.4, -0.2) is 19.1 Å². The number of anilines is 1. The number of nitrogens with zero attached hydrogens (tertiary/aromatic N) is 1. The van der Waals surface area contributed by atoms with Crippen LogP contribution in [0.3, 0.4) is 0 Å². The van der Waals surface area contributed by atoms with E-state index in [1.165, 1.54) is 31.4 Å². The molecule has 0 aliphatic rings. The van der Waals surface area contributed by atoms with Gasteiger partial charge in [0, 0.05) is 24.8 Å². The molecular formula is C15H26N2. The van der Waals surface area contributed by atoms with E-state index >= 15 is 0 Å². The Bertz CT molecular complexity index is 284. The minimum atomic E-state index is 0.481. The van der Waals surface area contributed by atoms with Gasteiger partial charge in [-0.15, -0.1) is 0 Å². The molecule has 0 saturated heterocycles. The van der Waals surface area contributed by atoms with Crippen LogP contribution in [0.5, 0.6) is 0 Å². The first-order valence-corrected chi connectivity index (χ1v) is 6.85. The summed E-state index contributed by atoms with van der Waals surface area (Å²) in [6.07, 6.45) is 5.06. The lowest BCUT2D eigenvalue weighted by Crippen LogP contribution is -2.40. The van der Waals surface area contributed by atoms with Crippen molar-refractivity contribution in [1.29, 1.82) is 0 Å². The summed E-state index contributed by atoms with van der Waals surface area (Å²) in [6, 6.07) is 11.1. The average Bonchev–Trinajstić information content (AvgIpc) is 2.39. The molecule has 0 fully saturated rings. The van der Waals surface area contributed by atoms with Crippen LogP contribution in [0.15, 0.2) is 30.3 Å². The third kappa shape index (κ3) is 4.39. The molecule has 0 amide bonds. The smallest absolute Gasteiger partial charge is 0.0412 e. The fourth-order valence-corrected chi connectivity index (χ4v) is 2.30. The molecule has 2 N–H and O–H groups in total. The van der Waals surface area contributed by atoms with Crippen molar-refractivity contribution in [1.82, 2.24) is 0 Å². The van der Waals surface area contributed by atoms with E-state index in [4.69, 9.17) is 5.73 Å². The van der Waals surface area contributed by atoms with Gasteiger partial charge in [-0.05, 0) is 25.5 Å². The Balaban J connectivity index is 2.63. The summed E-state index contributed by atoms with van der Waals surface area (Å²) in [5, 5.41) is 0. The zero-order valence-electron chi connectivity index (χ0n) is 11.2. The molecule has 1 rings (SSSR count). The van der Waals surface area contributed by atoms with Gasteiger partial charge in [0.2, 0.25) is 0 Å². The van der Waals surface area contributed by atoms with Gasteiger partial charge in [-0.1, -0.05) is 44.4 Å². The second kappa shape index (κ2) is 8.13. The average molecular weight is 234 g/mol. The molecule has 1 aromatic carbocycles. The lowest BCUT2D eigenvalue weighted by molar-refractivity contribution is 0.528. The van der Waals surface area contributed by atoms with Crippen LogP contribution < -0.4 is 10.6 Å². The Morgan fingerprint density at radius 3 is 2.35 bits per heavy atom. The van der Waals surface area contributed by atoms with Crippen LogP contribution in [0.2, 0.25) is 0 Å². The molecule has 0 heterocycles. The summed E-state index contributed by atoms with van der Waals surface area (Å²) in [5.41, 5.74) is 7.22. The zero-order chi connectivity index (χ0) is 12.5. The van der Waals surface area contributed by atoms with Crippen molar-refractivity contribution < 1.29 is 0 Å². The predicted octanol–water partition coefficient (Wildman–Crippen LogP) is 3.42. The molecule has 1 unspecified atom stereocenters. The van der Waals surface area contributed by atoms with Crippen molar-refractivity contribution in [3.8, 4) is 0 Å². The van der Waals surface area contributed by atoms with Crippen molar-refractivity contribution in [2.75, 3.05) is 18.0 Å². The van der Waals surface area contributed by atoms with E-state index in [2.05, 4.69) is 49.1 Å². The summed E-state index contributed by atoms with van der Waals surface area (Å²) in [5.74, 6) is 0. The molecule has 17 heavy (non-hydrogen) atoms. The van der Waals surface area contributed by atoms with Crippen LogP contribution in [0.4, 0.5) is 5.69 Å². The minimum Gasteiger partial charge on any atom is -0.368 e. The van der Waals surface area contributed by atoms with E-state index in [0.29, 0.717) is 6.04 Å². The second-order valence-electron chi connectivity index (χ2n) is 4.51. The third-order valence-corrected chi connectivity index (χ3v) is 3.28. The maximum atomic E-state index is 5.93. The number of nitrogens with two attached hydrogens (primary N) is 1. The molecule has 0 bridgehead atoms. The molecule has 96 valence electrons. The van der Waals surface area contributed by atoms with Crippen LogP contribution in [0, 0.1) is 0 Å². The molecule has 0 aromatic heterocycles. The van der Waals surface area contributed by atoms with E-state index in [1.807, 2.05) is 0 Å². The number of benzene rings is 1. The third-order valence-electron chi connectivity index (χ3n) is 3.28. The quantitative estimate of drug-likeness (QED) is 0.698. The highest BCUT2D eigenvalue weighted by molar-refractivity contribution is 5.47. The Morgan fingerprint density at radius 1 is 1.12 bits per heavy atom. The van der Waals surface area contributed by atoms with Gasteiger partial charge in [0.1, 0.15) is 0 Å². The SMILES string of the molecule is CCCCCC(CN)N(CC)c1ccccc1. The standard InChI is InChI=1S/C15H26N2/c1-3-5-7-12-15(13-16)17(4-2)14-10-8-6-9-11-14/h6,8-11,15H,3-5,7,12-13,16H2,1-2H3. The molecule has 1 atom stereocenters. The largest absolute Gasteiger partial charge is 0.368 e. The molecule has 0 aliphatic carbocycles. The van der Waals surface area contributed by atoms with Gasteiger partial charge in [-0.3, -0.25) is 0 Å².